The SMILES string of the molecule is COc1ccc(C)cc1NC(=O)COC(=O)c1ccc2c3c(cccc13)CC2. The average Bonchev–Trinajstić information content (AvgIpc) is 3.12. The number of amides is 1. The first-order valence-corrected chi connectivity index (χ1v) is 9.22. The van der Waals surface area contributed by atoms with Crippen LogP contribution in [-0.4, -0.2) is 25.6 Å². The van der Waals surface area contributed by atoms with Crippen molar-refractivity contribution in [1.82, 2.24) is 0 Å². The summed E-state index contributed by atoms with van der Waals surface area (Å²) in [7, 11) is 1.54. The van der Waals surface area contributed by atoms with Gasteiger partial charge >= 0.3 is 5.97 Å². The standard InChI is InChI=1S/C23H21NO4/c1-14-6-11-20(27-2)19(12-14)24-21(25)13-28-23(26)18-10-9-16-8-7-15-4-3-5-17(18)22(15)16/h3-6,9-12H,7-8,13H2,1-2H3,(H,24,25). The highest BCUT2D eigenvalue weighted by Crippen LogP contribution is 2.33. The Balaban J connectivity index is 1.48. The van der Waals surface area contributed by atoms with Crippen LogP contribution in [0.2, 0.25) is 0 Å². The van der Waals surface area contributed by atoms with E-state index in [2.05, 4.69) is 11.4 Å². The van der Waals surface area contributed by atoms with Crippen molar-refractivity contribution in [2.24, 2.45) is 0 Å². The van der Waals surface area contributed by atoms with Crippen LogP contribution >= 0.6 is 0 Å². The van der Waals surface area contributed by atoms with Crippen LogP contribution in [0.25, 0.3) is 10.8 Å². The Labute approximate surface area is 163 Å². The third-order valence-electron chi connectivity index (χ3n) is 5.06. The van der Waals surface area contributed by atoms with Gasteiger partial charge in [-0.05, 0) is 65.4 Å². The molecule has 28 heavy (non-hydrogen) atoms. The van der Waals surface area contributed by atoms with Crippen molar-refractivity contribution in [3.8, 4) is 5.75 Å². The fraction of sp³-hybridized carbons (Fsp3) is 0.217. The maximum Gasteiger partial charge on any atom is 0.339 e. The molecule has 0 spiro atoms. The molecule has 0 bridgehead atoms. The Morgan fingerprint density at radius 3 is 2.61 bits per heavy atom. The first kappa shape index (κ1) is 18.0. The zero-order valence-corrected chi connectivity index (χ0v) is 15.9. The molecule has 0 unspecified atom stereocenters. The number of ether oxygens (including phenoxy) is 2. The van der Waals surface area contributed by atoms with Gasteiger partial charge in [0, 0.05) is 0 Å². The fourth-order valence-electron chi connectivity index (χ4n) is 3.74. The number of carbonyl (C=O) groups is 2. The van der Waals surface area contributed by atoms with Crippen molar-refractivity contribution in [2.45, 2.75) is 19.8 Å². The quantitative estimate of drug-likeness (QED) is 0.683. The molecule has 3 aromatic carbocycles. The molecule has 0 saturated carbocycles. The van der Waals surface area contributed by atoms with Gasteiger partial charge in [0.2, 0.25) is 0 Å². The molecule has 142 valence electrons. The van der Waals surface area contributed by atoms with E-state index in [1.54, 1.807) is 12.1 Å². The van der Waals surface area contributed by atoms with Gasteiger partial charge in [-0.25, -0.2) is 4.79 Å². The van der Waals surface area contributed by atoms with E-state index in [4.69, 9.17) is 9.47 Å². The van der Waals surface area contributed by atoms with Crippen LogP contribution in [0, 0.1) is 6.92 Å². The number of hydrogen-bond acceptors (Lipinski definition) is 4. The lowest BCUT2D eigenvalue weighted by atomic mass is 10.00. The number of aryl methyl sites for hydroxylation is 3. The fourth-order valence-corrected chi connectivity index (χ4v) is 3.74. The smallest absolute Gasteiger partial charge is 0.339 e. The van der Waals surface area contributed by atoms with E-state index in [9.17, 15) is 9.59 Å². The van der Waals surface area contributed by atoms with E-state index in [1.807, 2.05) is 37.3 Å². The van der Waals surface area contributed by atoms with Crippen LogP contribution in [0.4, 0.5) is 5.69 Å². The van der Waals surface area contributed by atoms with Crippen molar-refractivity contribution < 1.29 is 19.1 Å². The molecule has 5 heteroatoms. The van der Waals surface area contributed by atoms with E-state index in [1.165, 1.54) is 18.2 Å². The summed E-state index contributed by atoms with van der Waals surface area (Å²) in [5.41, 5.74) is 4.54. The molecule has 0 fully saturated rings. The molecule has 0 radical (unpaired) electrons. The zero-order valence-electron chi connectivity index (χ0n) is 15.9. The lowest BCUT2D eigenvalue weighted by Crippen LogP contribution is -2.21. The second-order valence-electron chi connectivity index (χ2n) is 6.94. The van der Waals surface area contributed by atoms with Gasteiger partial charge in [0.1, 0.15) is 5.75 Å². The van der Waals surface area contributed by atoms with Gasteiger partial charge in [0.15, 0.2) is 6.61 Å². The summed E-state index contributed by atoms with van der Waals surface area (Å²) in [5, 5.41) is 4.76. The number of benzene rings is 3. The largest absolute Gasteiger partial charge is 0.495 e. The Morgan fingerprint density at radius 2 is 1.82 bits per heavy atom. The molecule has 0 atom stereocenters. The number of carbonyl (C=O) groups excluding carboxylic acids is 2. The molecule has 3 aromatic rings. The second kappa shape index (κ2) is 7.35. The van der Waals surface area contributed by atoms with E-state index < -0.39 is 11.9 Å². The minimum Gasteiger partial charge on any atom is -0.495 e. The van der Waals surface area contributed by atoms with Gasteiger partial charge in [-0.3, -0.25) is 4.79 Å². The molecule has 1 aliphatic rings. The maximum absolute atomic E-state index is 12.6. The van der Waals surface area contributed by atoms with E-state index in [0.717, 1.165) is 29.2 Å². The van der Waals surface area contributed by atoms with Crippen LogP contribution < -0.4 is 10.1 Å². The van der Waals surface area contributed by atoms with Crippen LogP contribution in [0.3, 0.4) is 0 Å². The Bertz CT molecular complexity index is 1080. The third-order valence-corrected chi connectivity index (χ3v) is 5.06. The Kier molecular flexibility index (Phi) is 4.74. The van der Waals surface area contributed by atoms with Gasteiger partial charge in [-0.15, -0.1) is 0 Å². The lowest BCUT2D eigenvalue weighted by Gasteiger charge is -2.12. The van der Waals surface area contributed by atoms with Crippen LogP contribution in [0.5, 0.6) is 5.75 Å². The summed E-state index contributed by atoms with van der Waals surface area (Å²) >= 11 is 0. The summed E-state index contributed by atoms with van der Waals surface area (Å²) < 4.78 is 10.5. The van der Waals surface area contributed by atoms with Gasteiger partial charge < -0.3 is 14.8 Å². The second-order valence-corrected chi connectivity index (χ2v) is 6.94. The van der Waals surface area contributed by atoms with E-state index in [0.29, 0.717) is 17.0 Å². The molecule has 0 heterocycles. The third kappa shape index (κ3) is 3.31. The normalized spacial score (nSPS) is 12.1. The molecule has 5 nitrogen and oxygen atoms in total. The molecule has 1 N–H and O–H groups in total. The average molecular weight is 375 g/mol. The maximum atomic E-state index is 12.6. The summed E-state index contributed by atoms with van der Waals surface area (Å²) in [6, 6.07) is 15.2. The number of hydrogen-bond donors (Lipinski definition) is 1. The molecule has 0 aliphatic heterocycles. The number of nitrogens with one attached hydrogen (secondary N) is 1. The topological polar surface area (TPSA) is 64.6 Å². The number of methoxy groups -OCH3 is 1. The van der Waals surface area contributed by atoms with Crippen LogP contribution in [0.1, 0.15) is 27.0 Å². The lowest BCUT2D eigenvalue weighted by molar-refractivity contribution is -0.119. The Hall–Kier alpha value is -3.34. The first-order chi connectivity index (χ1) is 13.6. The van der Waals surface area contributed by atoms with Gasteiger partial charge in [-0.1, -0.05) is 30.3 Å². The van der Waals surface area contributed by atoms with Crippen molar-refractivity contribution >= 4 is 28.3 Å². The van der Waals surface area contributed by atoms with Crippen molar-refractivity contribution in [3.05, 3.63) is 70.8 Å². The van der Waals surface area contributed by atoms with E-state index >= 15 is 0 Å². The van der Waals surface area contributed by atoms with E-state index in [-0.39, 0.29) is 6.61 Å². The van der Waals surface area contributed by atoms with Gasteiger partial charge in [0.25, 0.3) is 5.91 Å². The van der Waals surface area contributed by atoms with Gasteiger partial charge in [-0.2, -0.15) is 0 Å². The number of rotatable bonds is 5. The molecule has 4 rings (SSSR count). The Morgan fingerprint density at radius 1 is 1.04 bits per heavy atom. The summed E-state index contributed by atoms with van der Waals surface area (Å²) in [6.07, 6.45) is 1.98. The molecule has 1 amide bonds. The molecule has 0 saturated heterocycles. The predicted octanol–water partition coefficient (Wildman–Crippen LogP) is 4.05. The molecular formula is C23H21NO4. The molecule has 0 aromatic heterocycles. The monoisotopic (exact) mass is 375 g/mol. The highest BCUT2D eigenvalue weighted by molar-refractivity contribution is 6.07. The van der Waals surface area contributed by atoms with Crippen molar-refractivity contribution in [3.63, 3.8) is 0 Å². The van der Waals surface area contributed by atoms with Crippen molar-refractivity contribution in [1.29, 1.82) is 0 Å². The summed E-state index contributed by atoms with van der Waals surface area (Å²) in [5.74, 6) is -0.358. The highest BCUT2D eigenvalue weighted by atomic mass is 16.5. The zero-order chi connectivity index (χ0) is 19.7. The highest BCUT2D eigenvalue weighted by Gasteiger charge is 2.20. The molecule has 1 aliphatic carbocycles. The van der Waals surface area contributed by atoms with Crippen molar-refractivity contribution in [2.75, 3.05) is 19.0 Å². The minimum absolute atomic E-state index is 0.362. The predicted molar refractivity (Wildman–Crippen MR) is 108 cm³/mol. The van der Waals surface area contributed by atoms with Crippen LogP contribution in [0.15, 0.2) is 48.5 Å². The summed E-state index contributed by atoms with van der Waals surface area (Å²) in [6.45, 7) is 1.56. The minimum atomic E-state index is -0.498. The van der Waals surface area contributed by atoms with Gasteiger partial charge in [0.05, 0.1) is 18.4 Å². The summed E-state index contributed by atoms with van der Waals surface area (Å²) in [4.78, 5) is 24.9. The number of esters is 1. The molecular weight excluding hydrogens is 354 g/mol. The van der Waals surface area contributed by atoms with Crippen LogP contribution in [-0.2, 0) is 22.4 Å². The first-order valence-electron chi connectivity index (χ1n) is 9.22. The number of anilines is 1.